The first-order valence-corrected chi connectivity index (χ1v) is 10.2. The van der Waals surface area contributed by atoms with Crippen LogP contribution in [0.5, 0.6) is 0 Å². The Morgan fingerprint density at radius 3 is 2.68 bits per heavy atom. The lowest BCUT2D eigenvalue weighted by Gasteiger charge is -2.31. The Hall–Kier alpha value is -2.93. The van der Waals surface area contributed by atoms with Crippen molar-refractivity contribution in [1.29, 1.82) is 0 Å². The molecule has 1 fully saturated rings. The Balaban J connectivity index is 1.26. The summed E-state index contributed by atoms with van der Waals surface area (Å²) in [6.45, 7) is 1.99. The second-order valence-corrected chi connectivity index (χ2v) is 7.72. The van der Waals surface area contributed by atoms with Gasteiger partial charge in [0.1, 0.15) is 17.0 Å². The topological polar surface area (TPSA) is 75.4 Å². The van der Waals surface area contributed by atoms with Crippen LogP contribution in [0.15, 0.2) is 58.7 Å². The molecule has 3 aromatic rings. The first-order valence-electron chi connectivity index (χ1n) is 9.31. The summed E-state index contributed by atoms with van der Waals surface area (Å²) in [5, 5.41) is 5.63. The van der Waals surface area contributed by atoms with Crippen molar-refractivity contribution in [2.75, 3.05) is 19.6 Å². The molecule has 0 aliphatic carbocycles. The number of furan rings is 1. The molecule has 0 saturated carbocycles. The van der Waals surface area contributed by atoms with E-state index in [0.717, 1.165) is 23.4 Å². The van der Waals surface area contributed by atoms with E-state index in [1.165, 1.54) is 23.9 Å². The number of rotatable bonds is 5. The first kappa shape index (κ1) is 18.4. The molecule has 2 aromatic heterocycles. The summed E-state index contributed by atoms with van der Waals surface area (Å²) in [6, 6.07) is 11.5. The van der Waals surface area contributed by atoms with E-state index < -0.39 is 0 Å². The second-order valence-electron chi connectivity index (χ2n) is 6.86. The predicted octanol–water partition coefficient (Wildman–Crippen LogP) is 3.69. The largest absolute Gasteiger partial charge is 0.472 e. The zero-order chi connectivity index (χ0) is 19.3. The fourth-order valence-corrected chi connectivity index (χ4v) is 4.13. The van der Waals surface area contributed by atoms with Gasteiger partial charge >= 0.3 is 0 Å². The van der Waals surface area contributed by atoms with Crippen LogP contribution in [0, 0.1) is 5.92 Å². The van der Waals surface area contributed by atoms with Crippen molar-refractivity contribution in [3.8, 4) is 10.6 Å². The highest BCUT2D eigenvalue weighted by molar-refractivity contribution is 7.13. The van der Waals surface area contributed by atoms with Crippen LogP contribution in [-0.4, -0.2) is 41.3 Å². The van der Waals surface area contributed by atoms with Crippen molar-refractivity contribution in [1.82, 2.24) is 15.2 Å². The molecule has 1 aromatic carbocycles. The van der Waals surface area contributed by atoms with E-state index in [9.17, 15) is 9.59 Å². The lowest BCUT2D eigenvalue weighted by molar-refractivity contribution is 0.0683. The van der Waals surface area contributed by atoms with Crippen LogP contribution in [0.4, 0.5) is 0 Å². The van der Waals surface area contributed by atoms with Crippen LogP contribution in [0.3, 0.4) is 0 Å². The molecule has 1 aliphatic rings. The normalized spacial score (nSPS) is 14.8. The summed E-state index contributed by atoms with van der Waals surface area (Å²) in [4.78, 5) is 31.0. The van der Waals surface area contributed by atoms with Crippen LogP contribution in [0.25, 0.3) is 10.6 Å². The molecule has 1 N–H and O–H groups in total. The predicted molar refractivity (Wildman–Crippen MR) is 107 cm³/mol. The molecule has 1 saturated heterocycles. The van der Waals surface area contributed by atoms with Gasteiger partial charge in [-0.1, -0.05) is 30.3 Å². The number of carbonyl (C=O) groups excluding carboxylic acids is 2. The highest BCUT2D eigenvalue weighted by Crippen LogP contribution is 2.23. The monoisotopic (exact) mass is 395 g/mol. The van der Waals surface area contributed by atoms with Crippen LogP contribution >= 0.6 is 11.3 Å². The number of benzene rings is 1. The molecule has 0 spiro atoms. The van der Waals surface area contributed by atoms with E-state index in [0.29, 0.717) is 36.8 Å². The van der Waals surface area contributed by atoms with Gasteiger partial charge in [0.25, 0.3) is 11.8 Å². The molecule has 7 heteroatoms. The molecule has 28 heavy (non-hydrogen) atoms. The average molecular weight is 395 g/mol. The van der Waals surface area contributed by atoms with Crippen molar-refractivity contribution in [3.63, 3.8) is 0 Å². The van der Waals surface area contributed by atoms with Gasteiger partial charge in [0.2, 0.25) is 0 Å². The Morgan fingerprint density at radius 1 is 1.18 bits per heavy atom. The molecule has 1 aliphatic heterocycles. The molecule has 6 nitrogen and oxygen atoms in total. The van der Waals surface area contributed by atoms with Gasteiger partial charge in [0, 0.05) is 30.6 Å². The Kier molecular flexibility index (Phi) is 5.53. The van der Waals surface area contributed by atoms with Crippen LogP contribution in [0.1, 0.15) is 33.7 Å². The van der Waals surface area contributed by atoms with Gasteiger partial charge in [-0.3, -0.25) is 9.59 Å². The summed E-state index contributed by atoms with van der Waals surface area (Å²) >= 11 is 1.47. The first-order chi connectivity index (χ1) is 13.7. The Labute approximate surface area is 167 Å². The van der Waals surface area contributed by atoms with Gasteiger partial charge in [0.15, 0.2) is 0 Å². The van der Waals surface area contributed by atoms with Crippen LogP contribution in [0.2, 0.25) is 0 Å². The molecule has 3 heterocycles. The maximum atomic E-state index is 12.4. The molecule has 0 radical (unpaired) electrons. The van der Waals surface area contributed by atoms with Crippen molar-refractivity contribution < 1.29 is 14.0 Å². The van der Waals surface area contributed by atoms with E-state index in [1.807, 2.05) is 35.2 Å². The number of nitrogens with one attached hydrogen (secondary N) is 1. The number of hydrogen-bond donors (Lipinski definition) is 1. The van der Waals surface area contributed by atoms with E-state index in [2.05, 4.69) is 10.3 Å². The fraction of sp³-hybridized carbons (Fsp3) is 0.286. The Bertz CT molecular complexity index is 929. The van der Waals surface area contributed by atoms with Crippen molar-refractivity contribution >= 4 is 23.2 Å². The quantitative estimate of drug-likeness (QED) is 0.715. The minimum atomic E-state index is -0.143. The van der Waals surface area contributed by atoms with Crippen molar-refractivity contribution in [2.45, 2.75) is 12.8 Å². The minimum absolute atomic E-state index is 0.00662. The number of piperidine rings is 1. The molecule has 0 bridgehead atoms. The van der Waals surface area contributed by atoms with Crippen molar-refractivity contribution in [3.05, 3.63) is 65.6 Å². The van der Waals surface area contributed by atoms with Crippen LogP contribution in [-0.2, 0) is 0 Å². The summed E-state index contributed by atoms with van der Waals surface area (Å²) in [7, 11) is 0. The third-order valence-electron chi connectivity index (χ3n) is 4.98. The summed E-state index contributed by atoms with van der Waals surface area (Å²) < 4.78 is 4.98. The number of aromatic nitrogens is 1. The zero-order valence-corrected chi connectivity index (χ0v) is 16.2. The molecule has 2 amide bonds. The highest BCUT2D eigenvalue weighted by atomic mass is 32.1. The van der Waals surface area contributed by atoms with E-state index in [4.69, 9.17) is 4.42 Å². The summed E-state index contributed by atoms with van der Waals surface area (Å²) in [5.41, 5.74) is 2.06. The number of thiazole rings is 1. The van der Waals surface area contributed by atoms with Crippen molar-refractivity contribution in [2.24, 2.45) is 5.92 Å². The zero-order valence-electron chi connectivity index (χ0n) is 15.3. The maximum absolute atomic E-state index is 12.4. The van der Waals surface area contributed by atoms with Crippen LogP contribution < -0.4 is 5.32 Å². The van der Waals surface area contributed by atoms with Gasteiger partial charge in [-0.05, 0) is 24.8 Å². The third kappa shape index (κ3) is 4.14. The number of hydrogen-bond acceptors (Lipinski definition) is 5. The van der Waals surface area contributed by atoms with E-state index in [-0.39, 0.29) is 11.8 Å². The third-order valence-corrected chi connectivity index (χ3v) is 5.87. The number of likely N-dealkylation sites (tertiary alicyclic amines) is 1. The number of nitrogens with zero attached hydrogens (tertiary/aromatic N) is 2. The van der Waals surface area contributed by atoms with E-state index in [1.54, 1.807) is 11.4 Å². The lowest BCUT2D eigenvalue weighted by Crippen LogP contribution is -2.41. The molecule has 0 atom stereocenters. The van der Waals surface area contributed by atoms with E-state index >= 15 is 0 Å². The molecular formula is C21H21N3O3S. The SMILES string of the molecule is O=C(NCC1CCN(C(=O)c2ccoc2)CC1)c1csc(-c2ccccc2)n1. The average Bonchev–Trinajstić information content (AvgIpc) is 3.45. The van der Waals surface area contributed by atoms with Gasteiger partial charge in [0.05, 0.1) is 11.8 Å². The smallest absolute Gasteiger partial charge is 0.270 e. The lowest BCUT2D eigenvalue weighted by atomic mass is 9.96. The number of amides is 2. The van der Waals surface area contributed by atoms with Gasteiger partial charge in [-0.15, -0.1) is 11.3 Å². The van der Waals surface area contributed by atoms with Gasteiger partial charge in [-0.25, -0.2) is 4.98 Å². The van der Waals surface area contributed by atoms with Gasteiger partial charge in [-0.2, -0.15) is 0 Å². The minimum Gasteiger partial charge on any atom is -0.472 e. The molecule has 0 unspecified atom stereocenters. The molecular weight excluding hydrogens is 374 g/mol. The summed E-state index contributed by atoms with van der Waals surface area (Å²) in [5.74, 6) is 0.229. The van der Waals surface area contributed by atoms with Gasteiger partial charge < -0.3 is 14.6 Å². The highest BCUT2D eigenvalue weighted by Gasteiger charge is 2.24. The fourth-order valence-electron chi connectivity index (χ4n) is 3.33. The Morgan fingerprint density at radius 2 is 1.96 bits per heavy atom. The molecule has 4 rings (SSSR count). The standard InChI is InChI=1S/C21H21N3O3S/c25-19(18-14-28-20(23-18)16-4-2-1-3-5-16)22-12-15-6-9-24(10-7-15)21(26)17-8-11-27-13-17/h1-5,8,11,13-15H,6-7,9-10,12H2,(H,22,25). The molecule has 144 valence electrons. The number of carbonyl (C=O) groups is 2. The summed E-state index contributed by atoms with van der Waals surface area (Å²) in [6.07, 6.45) is 4.73. The maximum Gasteiger partial charge on any atom is 0.270 e. The second kappa shape index (κ2) is 8.39.